The van der Waals surface area contributed by atoms with Crippen molar-refractivity contribution in [1.82, 2.24) is 0 Å². The summed E-state index contributed by atoms with van der Waals surface area (Å²) in [5.41, 5.74) is 2.16. The molecule has 2 rings (SSSR count). The van der Waals surface area contributed by atoms with E-state index in [0.717, 1.165) is 11.3 Å². The first kappa shape index (κ1) is 15.8. The molecule has 1 N–H and O–H groups in total. The molecule has 0 aliphatic heterocycles. The predicted octanol–water partition coefficient (Wildman–Crippen LogP) is 3.61. The van der Waals surface area contributed by atoms with Gasteiger partial charge >= 0.3 is 0 Å². The van der Waals surface area contributed by atoms with Gasteiger partial charge < -0.3 is 10.1 Å². The second-order valence-corrected chi connectivity index (χ2v) is 5.06. The predicted molar refractivity (Wildman–Crippen MR) is 86.4 cm³/mol. The standard InChI is InChI=1S/C18H19NO3/c1-13-6-5-7-15(12-13)22-11-10-18(21)19-17-9-4-3-8-16(17)14(2)20/h3-9,12H,10-11H2,1-2H3,(H,19,21). The zero-order valence-corrected chi connectivity index (χ0v) is 12.8. The van der Waals surface area contributed by atoms with E-state index in [-0.39, 0.29) is 24.7 Å². The van der Waals surface area contributed by atoms with Gasteiger partial charge in [0.2, 0.25) is 5.91 Å². The maximum Gasteiger partial charge on any atom is 0.227 e. The van der Waals surface area contributed by atoms with Gasteiger partial charge in [-0.25, -0.2) is 0 Å². The van der Waals surface area contributed by atoms with E-state index in [1.54, 1.807) is 24.3 Å². The lowest BCUT2D eigenvalue weighted by molar-refractivity contribution is -0.116. The maximum atomic E-state index is 11.9. The summed E-state index contributed by atoms with van der Waals surface area (Å²) >= 11 is 0. The van der Waals surface area contributed by atoms with Crippen LogP contribution in [0.25, 0.3) is 0 Å². The largest absolute Gasteiger partial charge is 0.493 e. The third-order valence-corrected chi connectivity index (χ3v) is 3.17. The van der Waals surface area contributed by atoms with Gasteiger partial charge in [0.05, 0.1) is 18.7 Å². The number of amides is 1. The maximum absolute atomic E-state index is 11.9. The first-order valence-corrected chi connectivity index (χ1v) is 7.15. The molecule has 0 spiro atoms. The van der Waals surface area contributed by atoms with E-state index in [9.17, 15) is 9.59 Å². The average molecular weight is 297 g/mol. The molecule has 4 heteroatoms. The Kier molecular flexibility index (Phi) is 5.31. The van der Waals surface area contributed by atoms with Crippen LogP contribution in [0.3, 0.4) is 0 Å². The number of aryl methyl sites for hydroxylation is 1. The Bertz CT molecular complexity index is 680. The van der Waals surface area contributed by atoms with Crippen LogP contribution in [-0.4, -0.2) is 18.3 Å². The normalized spacial score (nSPS) is 10.1. The van der Waals surface area contributed by atoms with E-state index in [2.05, 4.69) is 5.32 Å². The summed E-state index contributed by atoms with van der Waals surface area (Å²) in [6, 6.07) is 14.6. The Morgan fingerprint density at radius 1 is 1.09 bits per heavy atom. The second kappa shape index (κ2) is 7.41. The molecular formula is C18H19NO3. The van der Waals surface area contributed by atoms with Crippen molar-refractivity contribution in [1.29, 1.82) is 0 Å². The summed E-state index contributed by atoms with van der Waals surface area (Å²) in [6.07, 6.45) is 0.222. The molecule has 0 bridgehead atoms. The van der Waals surface area contributed by atoms with Crippen molar-refractivity contribution < 1.29 is 14.3 Å². The van der Waals surface area contributed by atoms with Crippen molar-refractivity contribution in [2.75, 3.05) is 11.9 Å². The van der Waals surface area contributed by atoms with Gasteiger partial charge in [-0.3, -0.25) is 9.59 Å². The van der Waals surface area contributed by atoms with Crippen LogP contribution in [-0.2, 0) is 4.79 Å². The van der Waals surface area contributed by atoms with E-state index < -0.39 is 0 Å². The Balaban J connectivity index is 1.87. The molecule has 0 atom stereocenters. The second-order valence-electron chi connectivity index (χ2n) is 5.06. The van der Waals surface area contributed by atoms with Crippen LogP contribution in [0.1, 0.15) is 29.3 Å². The molecule has 0 saturated heterocycles. The fourth-order valence-corrected chi connectivity index (χ4v) is 2.08. The highest BCUT2D eigenvalue weighted by Crippen LogP contribution is 2.16. The van der Waals surface area contributed by atoms with Crippen molar-refractivity contribution in [2.24, 2.45) is 0 Å². The molecule has 4 nitrogen and oxygen atoms in total. The summed E-state index contributed by atoms with van der Waals surface area (Å²) in [6.45, 7) is 3.75. The van der Waals surface area contributed by atoms with Gasteiger partial charge in [0.15, 0.2) is 5.78 Å². The smallest absolute Gasteiger partial charge is 0.227 e. The number of hydrogen-bond acceptors (Lipinski definition) is 3. The zero-order valence-electron chi connectivity index (χ0n) is 12.8. The number of anilines is 1. The first-order chi connectivity index (χ1) is 10.6. The number of Topliss-reactive ketones (excluding diaryl/α,β-unsaturated/α-hetero) is 1. The molecule has 0 aromatic heterocycles. The van der Waals surface area contributed by atoms with E-state index >= 15 is 0 Å². The molecule has 22 heavy (non-hydrogen) atoms. The summed E-state index contributed by atoms with van der Waals surface area (Å²) < 4.78 is 5.55. The van der Waals surface area contributed by atoms with Gasteiger partial charge in [0, 0.05) is 5.56 Å². The number of para-hydroxylation sites is 1. The van der Waals surface area contributed by atoms with E-state index in [1.807, 2.05) is 31.2 Å². The molecule has 2 aromatic rings. The van der Waals surface area contributed by atoms with Gasteiger partial charge in [-0.2, -0.15) is 0 Å². The molecule has 1 amide bonds. The number of ether oxygens (including phenoxy) is 1. The minimum Gasteiger partial charge on any atom is -0.493 e. The molecular weight excluding hydrogens is 278 g/mol. The van der Waals surface area contributed by atoms with Crippen LogP contribution in [0.15, 0.2) is 48.5 Å². The number of rotatable bonds is 6. The molecule has 0 unspecified atom stereocenters. The van der Waals surface area contributed by atoms with Crippen LogP contribution < -0.4 is 10.1 Å². The Morgan fingerprint density at radius 3 is 2.59 bits per heavy atom. The number of carbonyl (C=O) groups is 2. The number of benzene rings is 2. The van der Waals surface area contributed by atoms with Gasteiger partial charge in [0.25, 0.3) is 0 Å². The lowest BCUT2D eigenvalue weighted by atomic mass is 10.1. The number of ketones is 1. The van der Waals surface area contributed by atoms with Gasteiger partial charge in [-0.1, -0.05) is 24.3 Å². The Morgan fingerprint density at radius 2 is 1.86 bits per heavy atom. The highest BCUT2D eigenvalue weighted by atomic mass is 16.5. The van der Waals surface area contributed by atoms with Crippen molar-refractivity contribution >= 4 is 17.4 Å². The number of carbonyl (C=O) groups excluding carboxylic acids is 2. The molecule has 0 aliphatic rings. The fourth-order valence-electron chi connectivity index (χ4n) is 2.08. The SMILES string of the molecule is CC(=O)c1ccccc1NC(=O)CCOc1cccc(C)c1. The summed E-state index contributed by atoms with van der Waals surface area (Å²) in [7, 11) is 0. The molecule has 2 aromatic carbocycles. The lowest BCUT2D eigenvalue weighted by Crippen LogP contribution is -2.16. The summed E-state index contributed by atoms with van der Waals surface area (Å²) in [5, 5.41) is 2.75. The van der Waals surface area contributed by atoms with Crippen LogP contribution in [0.5, 0.6) is 5.75 Å². The summed E-state index contributed by atoms with van der Waals surface area (Å²) in [4.78, 5) is 23.4. The van der Waals surface area contributed by atoms with E-state index in [4.69, 9.17) is 4.74 Å². The average Bonchev–Trinajstić information content (AvgIpc) is 2.47. The van der Waals surface area contributed by atoms with Crippen LogP contribution >= 0.6 is 0 Å². The van der Waals surface area contributed by atoms with Crippen molar-refractivity contribution in [3.05, 3.63) is 59.7 Å². The lowest BCUT2D eigenvalue weighted by Gasteiger charge is -2.10. The molecule has 0 aliphatic carbocycles. The van der Waals surface area contributed by atoms with Crippen LogP contribution in [0, 0.1) is 6.92 Å². The number of hydrogen-bond donors (Lipinski definition) is 1. The van der Waals surface area contributed by atoms with Gasteiger partial charge in [-0.15, -0.1) is 0 Å². The monoisotopic (exact) mass is 297 g/mol. The molecule has 0 heterocycles. The first-order valence-electron chi connectivity index (χ1n) is 7.15. The van der Waals surface area contributed by atoms with Crippen LogP contribution in [0.2, 0.25) is 0 Å². The fraction of sp³-hybridized carbons (Fsp3) is 0.222. The minimum absolute atomic E-state index is 0.0769. The minimum atomic E-state index is -0.179. The van der Waals surface area contributed by atoms with Gasteiger partial charge in [-0.05, 0) is 43.7 Å². The van der Waals surface area contributed by atoms with E-state index in [1.165, 1.54) is 6.92 Å². The third kappa shape index (κ3) is 4.45. The zero-order chi connectivity index (χ0) is 15.9. The molecule has 0 fully saturated rings. The van der Waals surface area contributed by atoms with E-state index in [0.29, 0.717) is 11.3 Å². The van der Waals surface area contributed by atoms with Crippen molar-refractivity contribution in [3.8, 4) is 5.75 Å². The Labute approximate surface area is 130 Å². The Hall–Kier alpha value is -2.62. The number of nitrogens with one attached hydrogen (secondary N) is 1. The molecule has 114 valence electrons. The quantitative estimate of drug-likeness (QED) is 0.829. The van der Waals surface area contributed by atoms with Gasteiger partial charge in [0.1, 0.15) is 5.75 Å². The molecule has 0 radical (unpaired) electrons. The molecule has 0 saturated carbocycles. The highest BCUT2D eigenvalue weighted by molar-refractivity contribution is 6.03. The van der Waals surface area contributed by atoms with Crippen molar-refractivity contribution in [3.63, 3.8) is 0 Å². The highest BCUT2D eigenvalue weighted by Gasteiger charge is 2.09. The topological polar surface area (TPSA) is 55.4 Å². The van der Waals surface area contributed by atoms with Crippen LogP contribution in [0.4, 0.5) is 5.69 Å². The summed E-state index contributed by atoms with van der Waals surface area (Å²) in [5.74, 6) is 0.491. The van der Waals surface area contributed by atoms with Crippen molar-refractivity contribution in [2.45, 2.75) is 20.3 Å². The third-order valence-electron chi connectivity index (χ3n) is 3.17.